The molecule has 3 aromatic rings. The molecule has 5 heteroatoms. The first-order valence-electron chi connectivity index (χ1n) is 8.52. The normalized spacial score (nSPS) is 16.9. The number of hydrogen-bond donors (Lipinski definition) is 1. The zero-order valence-electron chi connectivity index (χ0n) is 13.8. The van der Waals surface area contributed by atoms with Crippen molar-refractivity contribution in [1.82, 2.24) is 15.3 Å². The van der Waals surface area contributed by atoms with Gasteiger partial charge in [0, 0.05) is 24.7 Å². The minimum absolute atomic E-state index is 0.105. The van der Waals surface area contributed by atoms with Gasteiger partial charge in [-0.25, -0.2) is 4.98 Å². The lowest BCUT2D eigenvalue weighted by atomic mass is 10.1. The average Bonchev–Trinajstić information content (AvgIpc) is 3.19. The topological polar surface area (TPSA) is 64.1 Å². The summed E-state index contributed by atoms with van der Waals surface area (Å²) in [7, 11) is 0. The Morgan fingerprint density at radius 1 is 1.16 bits per heavy atom. The van der Waals surface area contributed by atoms with Gasteiger partial charge < -0.3 is 10.1 Å². The van der Waals surface area contributed by atoms with Gasteiger partial charge in [0.05, 0.1) is 28.6 Å². The number of rotatable bonds is 4. The number of pyridine rings is 2. The van der Waals surface area contributed by atoms with Crippen molar-refractivity contribution in [3.63, 3.8) is 0 Å². The molecule has 5 nitrogen and oxygen atoms in total. The molecule has 1 aromatic carbocycles. The molecule has 1 saturated heterocycles. The lowest BCUT2D eigenvalue weighted by molar-refractivity contribution is 0.0859. The predicted molar refractivity (Wildman–Crippen MR) is 96.3 cm³/mol. The lowest BCUT2D eigenvalue weighted by Crippen LogP contribution is -2.32. The summed E-state index contributed by atoms with van der Waals surface area (Å²) in [6.45, 7) is 1.32. The van der Waals surface area contributed by atoms with E-state index >= 15 is 0 Å². The molecule has 126 valence electrons. The molecule has 0 aliphatic carbocycles. The standard InChI is InChI=1S/C20H19N3O2/c24-20(22-13-14-6-5-11-25-14)16-12-19(18-9-3-4-10-21-18)23-17-8-2-1-7-15(16)17/h1-4,7-10,12,14H,5-6,11,13H2,(H,22,24)/t14-/m1/s1. The molecule has 1 aliphatic heterocycles. The van der Waals surface area contributed by atoms with Crippen LogP contribution in [0.25, 0.3) is 22.3 Å². The molecule has 1 aliphatic rings. The first-order valence-corrected chi connectivity index (χ1v) is 8.52. The molecule has 0 saturated carbocycles. The highest BCUT2D eigenvalue weighted by molar-refractivity contribution is 6.07. The van der Waals surface area contributed by atoms with Crippen LogP contribution in [0, 0.1) is 0 Å². The van der Waals surface area contributed by atoms with Crippen LogP contribution in [-0.2, 0) is 4.74 Å². The number of fused-ring (bicyclic) bond motifs is 1. The number of amides is 1. The molecular formula is C20H19N3O2. The van der Waals surface area contributed by atoms with Gasteiger partial charge in [-0.2, -0.15) is 0 Å². The quantitative estimate of drug-likeness (QED) is 0.796. The number of carbonyl (C=O) groups excluding carboxylic acids is 1. The maximum Gasteiger partial charge on any atom is 0.252 e. The molecule has 2 aromatic heterocycles. The van der Waals surface area contributed by atoms with E-state index < -0.39 is 0 Å². The van der Waals surface area contributed by atoms with Crippen LogP contribution in [0.4, 0.5) is 0 Å². The zero-order valence-corrected chi connectivity index (χ0v) is 13.8. The van der Waals surface area contributed by atoms with E-state index in [1.807, 2.05) is 48.5 Å². The highest BCUT2D eigenvalue weighted by Crippen LogP contribution is 2.23. The van der Waals surface area contributed by atoms with Crippen molar-refractivity contribution in [2.45, 2.75) is 18.9 Å². The maximum absolute atomic E-state index is 12.8. The van der Waals surface area contributed by atoms with Crippen molar-refractivity contribution in [3.8, 4) is 11.4 Å². The summed E-state index contributed by atoms with van der Waals surface area (Å²) in [5.41, 5.74) is 2.85. The molecule has 0 unspecified atom stereocenters. The van der Waals surface area contributed by atoms with Crippen molar-refractivity contribution in [2.75, 3.05) is 13.2 Å². The second kappa shape index (κ2) is 6.99. The Balaban J connectivity index is 1.69. The Morgan fingerprint density at radius 2 is 2.04 bits per heavy atom. The summed E-state index contributed by atoms with van der Waals surface area (Å²) < 4.78 is 5.58. The Labute approximate surface area is 146 Å². The summed E-state index contributed by atoms with van der Waals surface area (Å²) in [6.07, 6.45) is 3.90. The van der Waals surface area contributed by atoms with Crippen molar-refractivity contribution in [3.05, 3.63) is 60.3 Å². The molecule has 1 amide bonds. The van der Waals surface area contributed by atoms with Crippen molar-refractivity contribution in [2.24, 2.45) is 0 Å². The van der Waals surface area contributed by atoms with Crippen LogP contribution < -0.4 is 5.32 Å². The van der Waals surface area contributed by atoms with E-state index in [4.69, 9.17) is 4.74 Å². The Bertz CT molecular complexity index is 890. The van der Waals surface area contributed by atoms with Gasteiger partial charge in [-0.1, -0.05) is 24.3 Å². The smallest absolute Gasteiger partial charge is 0.252 e. The van der Waals surface area contributed by atoms with Crippen LogP contribution in [-0.4, -0.2) is 35.1 Å². The molecule has 1 atom stereocenters. The highest BCUT2D eigenvalue weighted by atomic mass is 16.5. The van der Waals surface area contributed by atoms with E-state index in [0.717, 1.165) is 36.0 Å². The van der Waals surface area contributed by atoms with E-state index in [1.165, 1.54) is 0 Å². The fourth-order valence-electron chi connectivity index (χ4n) is 3.12. The third kappa shape index (κ3) is 3.37. The number of nitrogens with zero attached hydrogens (tertiary/aromatic N) is 2. The van der Waals surface area contributed by atoms with E-state index in [9.17, 15) is 4.79 Å². The van der Waals surface area contributed by atoms with Gasteiger partial charge in [-0.3, -0.25) is 9.78 Å². The van der Waals surface area contributed by atoms with Gasteiger partial charge in [0.15, 0.2) is 0 Å². The lowest BCUT2D eigenvalue weighted by Gasteiger charge is -2.13. The SMILES string of the molecule is O=C(NC[C@H]1CCCO1)c1cc(-c2ccccn2)nc2ccccc12. The van der Waals surface area contributed by atoms with Crippen molar-refractivity contribution < 1.29 is 9.53 Å². The first kappa shape index (κ1) is 15.7. The molecule has 0 spiro atoms. The van der Waals surface area contributed by atoms with Gasteiger partial charge in [-0.05, 0) is 37.1 Å². The fourth-order valence-corrected chi connectivity index (χ4v) is 3.12. The molecule has 25 heavy (non-hydrogen) atoms. The van der Waals surface area contributed by atoms with Crippen LogP contribution in [0.3, 0.4) is 0 Å². The number of para-hydroxylation sites is 1. The van der Waals surface area contributed by atoms with Crippen LogP contribution in [0.15, 0.2) is 54.7 Å². The number of carbonyl (C=O) groups is 1. The molecule has 4 rings (SSSR count). The van der Waals surface area contributed by atoms with Crippen LogP contribution in [0.1, 0.15) is 23.2 Å². The summed E-state index contributed by atoms with van der Waals surface area (Å²) >= 11 is 0. The Hall–Kier alpha value is -2.79. The van der Waals surface area contributed by atoms with Gasteiger partial charge in [0.25, 0.3) is 5.91 Å². The first-order chi connectivity index (χ1) is 12.3. The van der Waals surface area contributed by atoms with Crippen LogP contribution >= 0.6 is 0 Å². The second-order valence-electron chi connectivity index (χ2n) is 6.13. The van der Waals surface area contributed by atoms with E-state index in [1.54, 1.807) is 6.20 Å². The molecule has 1 fully saturated rings. The molecule has 0 bridgehead atoms. The number of ether oxygens (including phenoxy) is 1. The monoisotopic (exact) mass is 333 g/mol. The zero-order chi connectivity index (χ0) is 17.1. The van der Waals surface area contributed by atoms with Crippen molar-refractivity contribution >= 4 is 16.8 Å². The van der Waals surface area contributed by atoms with Crippen molar-refractivity contribution in [1.29, 1.82) is 0 Å². The van der Waals surface area contributed by atoms with Gasteiger partial charge in [0.1, 0.15) is 0 Å². The van der Waals surface area contributed by atoms with E-state index in [2.05, 4.69) is 15.3 Å². The average molecular weight is 333 g/mol. The molecule has 0 radical (unpaired) electrons. The molecular weight excluding hydrogens is 314 g/mol. The fraction of sp³-hybridized carbons (Fsp3) is 0.250. The van der Waals surface area contributed by atoms with Crippen LogP contribution in [0.2, 0.25) is 0 Å². The molecule has 1 N–H and O–H groups in total. The minimum atomic E-state index is -0.105. The predicted octanol–water partition coefficient (Wildman–Crippen LogP) is 3.21. The molecule has 3 heterocycles. The Kier molecular flexibility index (Phi) is 4.39. The third-order valence-electron chi connectivity index (χ3n) is 4.40. The highest BCUT2D eigenvalue weighted by Gasteiger charge is 2.18. The summed E-state index contributed by atoms with van der Waals surface area (Å²) in [4.78, 5) is 21.8. The van der Waals surface area contributed by atoms with Gasteiger partial charge in [0.2, 0.25) is 0 Å². The largest absolute Gasteiger partial charge is 0.376 e. The number of hydrogen-bond acceptors (Lipinski definition) is 4. The van der Waals surface area contributed by atoms with E-state index in [-0.39, 0.29) is 12.0 Å². The minimum Gasteiger partial charge on any atom is -0.376 e. The van der Waals surface area contributed by atoms with Gasteiger partial charge >= 0.3 is 0 Å². The number of nitrogens with one attached hydrogen (secondary N) is 1. The van der Waals surface area contributed by atoms with Gasteiger partial charge in [-0.15, -0.1) is 0 Å². The Morgan fingerprint density at radius 3 is 2.84 bits per heavy atom. The summed E-state index contributed by atoms with van der Waals surface area (Å²) in [5, 5.41) is 3.84. The third-order valence-corrected chi connectivity index (χ3v) is 4.40. The van der Waals surface area contributed by atoms with E-state index in [0.29, 0.717) is 17.8 Å². The number of benzene rings is 1. The summed E-state index contributed by atoms with van der Waals surface area (Å²) in [6, 6.07) is 15.2. The second-order valence-corrected chi connectivity index (χ2v) is 6.13. The summed E-state index contributed by atoms with van der Waals surface area (Å²) in [5.74, 6) is -0.105. The number of aromatic nitrogens is 2. The van der Waals surface area contributed by atoms with Crippen LogP contribution in [0.5, 0.6) is 0 Å². The maximum atomic E-state index is 12.8.